The van der Waals surface area contributed by atoms with E-state index in [1.165, 1.54) is 0 Å². The van der Waals surface area contributed by atoms with Crippen LogP contribution in [0, 0.1) is 0 Å². The summed E-state index contributed by atoms with van der Waals surface area (Å²) < 4.78 is 15.8. The van der Waals surface area contributed by atoms with E-state index in [-0.39, 0.29) is 24.8 Å². The van der Waals surface area contributed by atoms with Crippen molar-refractivity contribution in [3.05, 3.63) is 94.5 Å². The van der Waals surface area contributed by atoms with Crippen LogP contribution in [0.5, 0.6) is 11.5 Å². The van der Waals surface area contributed by atoms with Crippen LogP contribution in [-0.4, -0.2) is 51.2 Å². The topological polar surface area (TPSA) is 77.1 Å². The summed E-state index contributed by atoms with van der Waals surface area (Å²) in [7, 11) is 4.73. The highest BCUT2D eigenvalue weighted by Crippen LogP contribution is 2.29. The highest BCUT2D eigenvalue weighted by Gasteiger charge is 2.31. The second kappa shape index (κ2) is 14.3. The Morgan fingerprint density at radius 1 is 0.892 bits per heavy atom. The van der Waals surface area contributed by atoms with Crippen molar-refractivity contribution in [2.24, 2.45) is 0 Å². The molecule has 1 N–H and O–H groups in total. The first-order valence-electron chi connectivity index (χ1n) is 12.0. The monoisotopic (exact) mass is 524 g/mol. The van der Waals surface area contributed by atoms with Crippen LogP contribution in [0.15, 0.2) is 72.8 Å². The molecule has 0 aliphatic heterocycles. The van der Waals surface area contributed by atoms with E-state index < -0.39 is 6.04 Å². The Labute approximate surface area is 223 Å². The van der Waals surface area contributed by atoms with Gasteiger partial charge in [-0.1, -0.05) is 60.1 Å². The number of benzene rings is 3. The highest BCUT2D eigenvalue weighted by molar-refractivity contribution is 6.30. The fraction of sp³-hybridized carbons (Fsp3) is 0.310. The summed E-state index contributed by atoms with van der Waals surface area (Å²) in [6.07, 6.45) is 0.745. The van der Waals surface area contributed by atoms with E-state index in [0.29, 0.717) is 36.1 Å². The molecule has 0 aliphatic carbocycles. The van der Waals surface area contributed by atoms with Gasteiger partial charge in [0.2, 0.25) is 11.8 Å². The lowest BCUT2D eigenvalue weighted by Crippen LogP contribution is -2.44. The Hall–Kier alpha value is -3.55. The molecule has 0 aromatic heterocycles. The van der Waals surface area contributed by atoms with Gasteiger partial charge in [-0.15, -0.1) is 0 Å². The van der Waals surface area contributed by atoms with E-state index in [2.05, 4.69) is 5.32 Å². The summed E-state index contributed by atoms with van der Waals surface area (Å²) in [5, 5.41) is 3.57. The molecule has 0 saturated carbocycles. The van der Waals surface area contributed by atoms with Crippen LogP contribution in [-0.2, 0) is 27.3 Å². The molecule has 3 aromatic carbocycles. The van der Waals surface area contributed by atoms with Gasteiger partial charge in [-0.25, -0.2) is 0 Å². The fourth-order valence-corrected chi connectivity index (χ4v) is 4.14. The van der Waals surface area contributed by atoms with Gasteiger partial charge in [0.1, 0.15) is 6.04 Å². The lowest BCUT2D eigenvalue weighted by Gasteiger charge is -2.32. The molecule has 2 amide bonds. The van der Waals surface area contributed by atoms with Crippen molar-refractivity contribution in [1.29, 1.82) is 0 Å². The number of carbonyl (C=O) groups is 2. The molecular weight excluding hydrogens is 492 g/mol. The van der Waals surface area contributed by atoms with E-state index in [9.17, 15) is 9.59 Å². The van der Waals surface area contributed by atoms with Gasteiger partial charge in [0.05, 0.1) is 20.6 Å². The predicted molar refractivity (Wildman–Crippen MR) is 144 cm³/mol. The molecule has 3 rings (SSSR count). The molecule has 0 bridgehead atoms. The molecule has 0 radical (unpaired) electrons. The lowest BCUT2D eigenvalue weighted by atomic mass is 10.0. The number of hydrogen-bond donors (Lipinski definition) is 1. The zero-order chi connectivity index (χ0) is 26.6. The molecule has 0 spiro atoms. The molecule has 0 fully saturated rings. The number of hydrogen-bond acceptors (Lipinski definition) is 5. The van der Waals surface area contributed by atoms with Crippen LogP contribution in [0.3, 0.4) is 0 Å². The minimum Gasteiger partial charge on any atom is -0.493 e. The van der Waals surface area contributed by atoms with E-state index >= 15 is 0 Å². The fourth-order valence-electron chi connectivity index (χ4n) is 4.01. The molecule has 196 valence electrons. The third-order valence-electron chi connectivity index (χ3n) is 5.89. The zero-order valence-corrected chi connectivity index (χ0v) is 22.2. The molecule has 0 aliphatic rings. The Bertz CT molecular complexity index is 1150. The summed E-state index contributed by atoms with van der Waals surface area (Å²) in [6.45, 7) is 1.20. The van der Waals surface area contributed by atoms with Crippen LogP contribution in [0.2, 0.25) is 5.02 Å². The Balaban J connectivity index is 1.96. The Morgan fingerprint density at radius 2 is 1.57 bits per heavy atom. The molecule has 0 saturated heterocycles. The minimum atomic E-state index is -0.827. The van der Waals surface area contributed by atoms with Crippen LogP contribution in [0.25, 0.3) is 0 Å². The SMILES string of the molecule is COCCCNC(=O)[C@@H](c1ccccc1)N(Cc1ccc(Cl)cc1)C(=O)Cc1ccc(OC)c(OC)c1. The van der Waals surface area contributed by atoms with E-state index in [4.69, 9.17) is 25.8 Å². The third-order valence-corrected chi connectivity index (χ3v) is 6.14. The number of ether oxygens (including phenoxy) is 3. The maximum absolute atomic E-state index is 13.9. The van der Waals surface area contributed by atoms with Crippen LogP contribution in [0.4, 0.5) is 0 Å². The second-order valence-electron chi connectivity index (χ2n) is 8.46. The molecule has 7 nitrogen and oxygen atoms in total. The van der Waals surface area contributed by atoms with Crippen molar-refractivity contribution in [2.45, 2.75) is 25.4 Å². The number of nitrogens with one attached hydrogen (secondary N) is 1. The number of nitrogens with zero attached hydrogens (tertiary/aromatic N) is 1. The normalized spacial score (nSPS) is 11.5. The Kier molecular flexibility index (Phi) is 10.8. The van der Waals surface area contributed by atoms with Crippen molar-refractivity contribution < 1.29 is 23.8 Å². The van der Waals surface area contributed by atoms with Gasteiger partial charge >= 0.3 is 0 Å². The number of amides is 2. The molecule has 1 atom stereocenters. The summed E-state index contributed by atoms with van der Waals surface area (Å²) in [5.41, 5.74) is 2.33. The first-order chi connectivity index (χ1) is 18.0. The predicted octanol–water partition coefficient (Wildman–Crippen LogP) is 4.82. The highest BCUT2D eigenvalue weighted by atomic mass is 35.5. The standard InChI is InChI=1S/C29H33ClN2O5/c1-35-17-7-16-31-29(34)28(23-8-5-4-6-9-23)32(20-21-10-13-24(30)14-11-21)27(33)19-22-12-15-25(36-2)26(18-22)37-3/h4-6,8-15,18,28H,7,16-17,19-20H2,1-3H3,(H,31,34)/t28-/m1/s1. The van der Waals surface area contributed by atoms with Gasteiger partial charge in [-0.3, -0.25) is 9.59 Å². The number of halogens is 1. The first kappa shape index (κ1) is 28.0. The second-order valence-corrected chi connectivity index (χ2v) is 8.90. The average molecular weight is 525 g/mol. The largest absolute Gasteiger partial charge is 0.493 e. The van der Waals surface area contributed by atoms with Crippen molar-refractivity contribution >= 4 is 23.4 Å². The van der Waals surface area contributed by atoms with Gasteiger partial charge < -0.3 is 24.4 Å². The molecule has 8 heteroatoms. The van der Waals surface area contributed by atoms with Crippen molar-refractivity contribution in [1.82, 2.24) is 10.2 Å². The minimum absolute atomic E-state index is 0.0776. The molecule has 0 heterocycles. The van der Waals surface area contributed by atoms with Crippen molar-refractivity contribution in [2.75, 3.05) is 34.5 Å². The summed E-state index contributed by atoms with van der Waals surface area (Å²) in [5.74, 6) is 0.654. The van der Waals surface area contributed by atoms with Crippen molar-refractivity contribution in [3.8, 4) is 11.5 Å². The third kappa shape index (κ3) is 7.97. The van der Waals surface area contributed by atoms with Gasteiger partial charge in [0, 0.05) is 31.8 Å². The number of methoxy groups -OCH3 is 3. The van der Waals surface area contributed by atoms with E-state index in [1.54, 1.807) is 50.5 Å². The number of rotatable bonds is 13. The lowest BCUT2D eigenvalue weighted by molar-refractivity contribution is -0.141. The van der Waals surface area contributed by atoms with Crippen LogP contribution in [0.1, 0.15) is 29.2 Å². The number of carbonyl (C=O) groups excluding carboxylic acids is 2. The summed E-state index contributed by atoms with van der Waals surface area (Å²) >= 11 is 6.09. The molecular formula is C29H33ClN2O5. The van der Waals surface area contributed by atoms with E-state index in [0.717, 1.165) is 16.7 Å². The first-order valence-corrected chi connectivity index (χ1v) is 12.4. The van der Waals surface area contributed by atoms with Crippen LogP contribution >= 0.6 is 11.6 Å². The molecule has 3 aromatic rings. The van der Waals surface area contributed by atoms with Crippen LogP contribution < -0.4 is 14.8 Å². The molecule has 0 unspecified atom stereocenters. The smallest absolute Gasteiger partial charge is 0.247 e. The quantitative estimate of drug-likeness (QED) is 0.324. The zero-order valence-electron chi connectivity index (χ0n) is 21.4. The van der Waals surface area contributed by atoms with E-state index in [1.807, 2.05) is 48.5 Å². The van der Waals surface area contributed by atoms with Gasteiger partial charge in [-0.05, 0) is 47.4 Å². The summed E-state index contributed by atoms with van der Waals surface area (Å²) in [6, 6.07) is 21.1. The maximum Gasteiger partial charge on any atom is 0.247 e. The van der Waals surface area contributed by atoms with Gasteiger partial charge in [-0.2, -0.15) is 0 Å². The average Bonchev–Trinajstić information content (AvgIpc) is 2.92. The van der Waals surface area contributed by atoms with Crippen molar-refractivity contribution in [3.63, 3.8) is 0 Å². The maximum atomic E-state index is 13.9. The summed E-state index contributed by atoms with van der Waals surface area (Å²) in [4.78, 5) is 29.0. The molecule has 37 heavy (non-hydrogen) atoms. The Morgan fingerprint density at radius 3 is 2.22 bits per heavy atom. The van der Waals surface area contributed by atoms with Gasteiger partial charge in [0.25, 0.3) is 0 Å². The van der Waals surface area contributed by atoms with Gasteiger partial charge in [0.15, 0.2) is 11.5 Å².